The third kappa shape index (κ3) is 3.83. The van der Waals surface area contributed by atoms with Gasteiger partial charge in [0, 0.05) is 17.6 Å². The van der Waals surface area contributed by atoms with Gasteiger partial charge in [0.05, 0.1) is 11.3 Å². The Hall–Kier alpha value is -4.04. The van der Waals surface area contributed by atoms with Crippen LogP contribution in [0.3, 0.4) is 0 Å². The lowest BCUT2D eigenvalue weighted by Gasteiger charge is -2.30. The Bertz CT molecular complexity index is 1290. The highest BCUT2D eigenvalue weighted by molar-refractivity contribution is 7.80. The van der Waals surface area contributed by atoms with Crippen LogP contribution in [0, 0.1) is 0 Å². The first-order valence-corrected chi connectivity index (χ1v) is 10.3. The molecule has 1 saturated heterocycles. The number of carbonyl (C=O) groups is 3. The van der Waals surface area contributed by atoms with Gasteiger partial charge in [-0.05, 0) is 66.7 Å². The zero-order valence-corrected chi connectivity index (χ0v) is 17.9. The molecule has 0 saturated carbocycles. The molecular formula is C24H19N3O4S. The number of anilines is 1. The number of carbonyl (C=O) groups excluding carboxylic acids is 2. The van der Waals surface area contributed by atoms with Gasteiger partial charge in [-0.15, -0.1) is 0 Å². The molecule has 1 aromatic heterocycles. The number of carboxylic acid groups (broad SMARTS) is 1. The van der Waals surface area contributed by atoms with E-state index in [-0.39, 0.29) is 16.2 Å². The van der Waals surface area contributed by atoms with Gasteiger partial charge in [-0.2, -0.15) is 0 Å². The van der Waals surface area contributed by atoms with Gasteiger partial charge in [-0.1, -0.05) is 31.2 Å². The smallest absolute Gasteiger partial charge is 0.335 e. The summed E-state index contributed by atoms with van der Waals surface area (Å²) in [6.07, 6.45) is 3.90. The lowest BCUT2D eigenvalue weighted by Crippen LogP contribution is -2.54. The Morgan fingerprint density at radius 2 is 1.88 bits per heavy atom. The lowest BCUT2D eigenvalue weighted by atomic mass is 10.1. The molecule has 8 heteroatoms. The number of aryl methyl sites for hydroxylation is 1. The minimum atomic E-state index is -1.04. The minimum absolute atomic E-state index is 0.0302. The van der Waals surface area contributed by atoms with Crippen molar-refractivity contribution in [3.8, 4) is 5.69 Å². The summed E-state index contributed by atoms with van der Waals surface area (Å²) in [6, 6.07) is 17.3. The van der Waals surface area contributed by atoms with Gasteiger partial charge in [0.1, 0.15) is 5.57 Å². The van der Waals surface area contributed by atoms with E-state index in [1.807, 2.05) is 25.1 Å². The van der Waals surface area contributed by atoms with Gasteiger partial charge < -0.3 is 9.67 Å². The van der Waals surface area contributed by atoms with E-state index in [1.165, 1.54) is 23.1 Å². The van der Waals surface area contributed by atoms with Crippen LogP contribution in [-0.4, -0.2) is 32.6 Å². The van der Waals surface area contributed by atoms with Gasteiger partial charge in [-0.3, -0.25) is 19.8 Å². The predicted octanol–water partition coefficient (Wildman–Crippen LogP) is 3.57. The van der Waals surface area contributed by atoms with Crippen LogP contribution in [0.4, 0.5) is 5.69 Å². The fourth-order valence-electron chi connectivity index (χ4n) is 3.59. The minimum Gasteiger partial charge on any atom is -0.478 e. The van der Waals surface area contributed by atoms with E-state index in [4.69, 9.17) is 12.2 Å². The molecule has 4 rings (SSSR count). The number of carboxylic acids is 1. The number of rotatable bonds is 5. The topological polar surface area (TPSA) is 91.6 Å². The summed E-state index contributed by atoms with van der Waals surface area (Å²) in [5.74, 6) is -2.15. The Labute approximate surface area is 189 Å². The molecule has 32 heavy (non-hydrogen) atoms. The lowest BCUT2D eigenvalue weighted by molar-refractivity contribution is -0.122. The molecule has 7 nitrogen and oxygen atoms in total. The number of para-hydroxylation sites is 1. The summed E-state index contributed by atoms with van der Waals surface area (Å²) in [7, 11) is 0. The van der Waals surface area contributed by atoms with Crippen LogP contribution in [0.1, 0.15) is 28.5 Å². The molecule has 1 aliphatic rings. The third-order valence-corrected chi connectivity index (χ3v) is 5.44. The molecule has 2 amide bonds. The number of hydrogen-bond donors (Lipinski definition) is 2. The number of nitrogens with zero attached hydrogens (tertiary/aromatic N) is 2. The van der Waals surface area contributed by atoms with Gasteiger partial charge in [-0.25, -0.2) is 4.79 Å². The van der Waals surface area contributed by atoms with Gasteiger partial charge in [0.2, 0.25) is 0 Å². The van der Waals surface area contributed by atoms with Crippen LogP contribution >= 0.6 is 12.2 Å². The first kappa shape index (κ1) is 21.2. The van der Waals surface area contributed by atoms with E-state index < -0.39 is 17.8 Å². The molecule has 0 aliphatic carbocycles. The van der Waals surface area contributed by atoms with Crippen LogP contribution in [0.15, 0.2) is 72.4 Å². The number of thiocarbonyl (C=S) groups is 1. The maximum Gasteiger partial charge on any atom is 0.335 e. The Morgan fingerprint density at radius 3 is 2.62 bits per heavy atom. The SMILES string of the molecule is CCc1ccccc1N1C(=O)/C(=C/c2cccn2-c2cccc(C(=O)O)c2)C(=O)NC1=S. The number of aromatic carboxylic acids is 1. The second-order valence-corrected chi connectivity index (χ2v) is 7.49. The van der Waals surface area contributed by atoms with E-state index in [1.54, 1.807) is 41.1 Å². The number of aromatic nitrogens is 1. The average Bonchev–Trinajstić information content (AvgIpc) is 3.25. The second-order valence-electron chi connectivity index (χ2n) is 7.10. The molecule has 0 radical (unpaired) electrons. The van der Waals surface area contributed by atoms with E-state index in [0.717, 1.165) is 5.56 Å². The molecule has 2 N–H and O–H groups in total. The van der Waals surface area contributed by atoms with Crippen molar-refractivity contribution in [1.82, 2.24) is 9.88 Å². The van der Waals surface area contributed by atoms with Crippen molar-refractivity contribution < 1.29 is 19.5 Å². The fraction of sp³-hybridized carbons (Fsp3) is 0.0833. The number of amides is 2. The highest BCUT2D eigenvalue weighted by Crippen LogP contribution is 2.26. The molecule has 1 aliphatic heterocycles. The van der Waals surface area contributed by atoms with Crippen molar-refractivity contribution in [3.63, 3.8) is 0 Å². The van der Waals surface area contributed by atoms with E-state index in [9.17, 15) is 19.5 Å². The summed E-state index contributed by atoms with van der Waals surface area (Å²) >= 11 is 5.30. The molecule has 0 bridgehead atoms. The van der Waals surface area contributed by atoms with Gasteiger partial charge in [0.15, 0.2) is 5.11 Å². The standard InChI is InChI=1S/C24H19N3O4S/c1-2-15-7-3-4-11-20(15)27-22(29)19(21(28)25-24(27)32)14-18-10-6-12-26(18)17-9-5-8-16(13-17)23(30)31/h3-14H,2H2,1H3,(H,30,31)(H,25,28,32)/b19-14+. The van der Waals surface area contributed by atoms with Gasteiger partial charge in [0.25, 0.3) is 11.8 Å². The molecule has 3 aromatic rings. The highest BCUT2D eigenvalue weighted by atomic mass is 32.1. The van der Waals surface area contributed by atoms with Crippen LogP contribution in [-0.2, 0) is 16.0 Å². The van der Waals surface area contributed by atoms with Crippen molar-refractivity contribution in [3.05, 3.63) is 89.3 Å². The highest BCUT2D eigenvalue weighted by Gasteiger charge is 2.35. The summed E-state index contributed by atoms with van der Waals surface area (Å²) in [5, 5.41) is 11.9. The molecule has 160 valence electrons. The van der Waals surface area contributed by atoms with Crippen molar-refractivity contribution in [2.75, 3.05) is 4.90 Å². The molecular weight excluding hydrogens is 426 g/mol. The van der Waals surface area contributed by atoms with Crippen molar-refractivity contribution >= 4 is 46.9 Å². The quantitative estimate of drug-likeness (QED) is 0.356. The molecule has 2 heterocycles. The second kappa shape index (κ2) is 8.60. The predicted molar refractivity (Wildman–Crippen MR) is 125 cm³/mol. The largest absolute Gasteiger partial charge is 0.478 e. The normalized spacial score (nSPS) is 15.2. The average molecular weight is 446 g/mol. The number of nitrogens with one attached hydrogen (secondary N) is 1. The number of benzene rings is 2. The molecule has 0 atom stereocenters. The maximum absolute atomic E-state index is 13.4. The molecule has 1 fully saturated rings. The zero-order chi connectivity index (χ0) is 22.8. The third-order valence-electron chi connectivity index (χ3n) is 5.16. The van der Waals surface area contributed by atoms with Crippen LogP contribution in [0.25, 0.3) is 11.8 Å². The van der Waals surface area contributed by atoms with E-state index in [2.05, 4.69) is 5.32 Å². The number of hydrogen-bond acceptors (Lipinski definition) is 4. The summed E-state index contributed by atoms with van der Waals surface area (Å²) in [6.45, 7) is 1.98. The molecule has 0 unspecified atom stereocenters. The van der Waals surface area contributed by atoms with Crippen LogP contribution < -0.4 is 10.2 Å². The first-order valence-electron chi connectivity index (χ1n) is 9.91. The summed E-state index contributed by atoms with van der Waals surface area (Å²) < 4.78 is 1.71. The van der Waals surface area contributed by atoms with Crippen molar-refractivity contribution in [2.45, 2.75) is 13.3 Å². The zero-order valence-electron chi connectivity index (χ0n) is 17.1. The van der Waals surface area contributed by atoms with E-state index in [0.29, 0.717) is 23.5 Å². The van der Waals surface area contributed by atoms with Crippen molar-refractivity contribution in [1.29, 1.82) is 0 Å². The van der Waals surface area contributed by atoms with Gasteiger partial charge >= 0.3 is 5.97 Å². The fourth-order valence-corrected chi connectivity index (χ4v) is 3.86. The maximum atomic E-state index is 13.4. The first-order chi connectivity index (χ1) is 15.4. The molecule has 2 aromatic carbocycles. The molecule has 0 spiro atoms. The Morgan fingerprint density at radius 1 is 1.09 bits per heavy atom. The summed E-state index contributed by atoms with van der Waals surface area (Å²) in [4.78, 5) is 38.7. The van der Waals surface area contributed by atoms with Crippen molar-refractivity contribution in [2.24, 2.45) is 0 Å². The monoisotopic (exact) mass is 445 g/mol. The van der Waals surface area contributed by atoms with E-state index >= 15 is 0 Å². The van der Waals surface area contributed by atoms with Crippen LogP contribution in [0.2, 0.25) is 0 Å². The summed E-state index contributed by atoms with van der Waals surface area (Å²) in [5.41, 5.74) is 2.75. The Balaban J connectivity index is 1.77. The Kier molecular flexibility index (Phi) is 5.70. The van der Waals surface area contributed by atoms with Crippen LogP contribution in [0.5, 0.6) is 0 Å².